The Hall–Kier alpha value is -3.00. The van der Waals surface area contributed by atoms with E-state index < -0.39 is 0 Å². The molecule has 0 saturated heterocycles. The van der Waals surface area contributed by atoms with Crippen LogP contribution in [0.1, 0.15) is 6.92 Å². The lowest BCUT2D eigenvalue weighted by atomic mass is 10.1. The number of anilines is 1. The monoisotopic (exact) mass is 364 g/mol. The first kappa shape index (κ1) is 16.5. The average Bonchev–Trinajstić information content (AvgIpc) is 3.10. The number of nitrogens with zero attached hydrogens (tertiary/aromatic N) is 5. The number of fused-ring (bicyclic) bond motifs is 2. The number of thioether (sulfide) groups is 1. The molecule has 0 atom stereocenters. The van der Waals surface area contributed by atoms with Crippen LogP contribution in [0.2, 0.25) is 0 Å². The van der Waals surface area contributed by atoms with Gasteiger partial charge in [-0.1, -0.05) is 53.4 Å². The highest BCUT2D eigenvalue weighted by Crippen LogP contribution is 2.25. The highest BCUT2D eigenvalue weighted by Gasteiger charge is 2.13. The van der Waals surface area contributed by atoms with Gasteiger partial charge in [0.2, 0.25) is 5.91 Å². The second-order valence-electron chi connectivity index (χ2n) is 5.62. The first-order chi connectivity index (χ1) is 12.8. The van der Waals surface area contributed by atoms with Crippen molar-refractivity contribution in [1.82, 2.24) is 25.0 Å². The Balaban J connectivity index is 1.50. The molecule has 2 aromatic carbocycles. The van der Waals surface area contributed by atoms with Crippen molar-refractivity contribution in [1.29, 1.82) is 0 Å². The van der Waals surface area contributed by atoms with E-state index in [1.165, 1.54) is 18.1 Å². The smallest absolute Gasteiger partial charge is 0.234 e. The van der Waals surface area contributed by atoms with Gasteiger partial charge >= 0.3 is 0 Å². The predicted molar refractivity (Wildman–Crippen MR) is 102 cm³/mol. The second kappa shape index (κ2) is 7.09. The molecule has 2 heterocycles. The number of nitrogens with one attached hydrogen (secondary N) is 1. The Morgan fingerprint density at radius 1 is 1.15 bits per heavy atom. The minimum atomic E-state index is -0.0963. The third kappa shape index (κ3) is 3.11. The summed E-state index contributed by atoms with van der Waals surface area (Å²) < 4.78 is 1.71. The number of hydrogen-bond donors (Lipinski definition) is 1. The summed E-state index contributed by atoms with van der Waals surface area (Å²) in [5, 5.41) is 13.9. The fraction of sp³-hybridized carbons (Fsp3) is 0.167. The molecule has 0 spiro atoms. The molecule has 130 valence electrons. The van der Waals surface area contributed by atoms with E-state index in [1.807, 2.05) is 49.4 Å². The fourth-order valence-electron chi connectivity index (χ4n) is 2.74. The van der Waals surface area contributed by atoms with Crippen molar-refractivity contribution in [3.05, 3.63) is 48.8 Å². The first-order valence-corrected chi connectivity index (χ1v) is 9.19. The highest BCUT2D eigenvalue weighted by molar-refractivity contribution is 8.00. The molecule has 0 fully saturated rings. The second-order valence-corrected chi connectivity index (χ2v) is 6.58. The number of aryl methyl sites for hydroxylation is 1. The zero-order chi connectivity index (χ0) is 17.9. The highest BCUT2D eigenvalue weighted by atomic mass is 32.2. The zero-order valence-corrected chi connectivity index (χ0v) is 14.9. The molecule has 4 rings (SSSR count). The molecule has 0 bridgehead atoms. The lowest BCUT2D eigenvalue weighted by Crippen LogP contribution is -2.14. The molecule has 0 aliphatic carbocycles. The maximum Gasteiger partial charge on any atom is 0.234 e. The van der Waals surface area contributed by atoms with Crippen LogP contribution in [-0.4, -0.2) is 36.6 Å². The number of aromatic nitrogens is 5. The molecule has 1 N–H and O–H groups in total. The van der Waals surface area contributed by atoms with E-state index in [0.29, 0.717) is 22.7 Å². The van der Waals surface area contributed by atoms with E-state index in [0.717, 1.165) is 16.5 Å². The number of benzene rings is 2. The largest absolute Gasteiger partial charge is 0.325 e. The van der Waals surface area contributed by atoms with Gasteiger partial charge in [-0.2, -0.15) is 0 Å². The molecule has 7 nitrogen and oxygen atoms in total. The third-order valence-corrected chi connectivity index (χ3v) is 4.95. The van der Waals surface area contributed by atoms with Crippen molar-refractivity contribution < 1.29 is 4.79 Å². The average molecular weight is 364 g/mol. The fourth-order valence-corrected chi connectivity index (χ4v) is 3.48. The van der Waals surface area contributed by atoms with Crippen LogP contribution in [0.25, 0.3) is 21.9 Å². The molecule has 4 aromatic rings. The lowest BCUT2D eigenvalue weighted by Gasteiger charge is -2.08. The Labute approximate surface area is 153 Å². The number of amides is 1. The first-order valence-electron chi connectivity index (χ1n) is 8.21. The van der Waals surface area contributed by atoms with Crippen LogP contribution in [0.3, 0.4) is 0 Å². The number of hydrogen-bond acceptors (Lipinski definition) is 6. The lowest BCUT2D eigenvalue weighted by molar-refractivity contribution is -0.113. The summed E-state index contributed by atoms with van der Waals surface area (Å²) in [5.41, 5.74) is 2.11. The number of carbonyl (C=O) groups is 1. The molecule has 0 aliphatic heterocycles. The Kier molecular flexibility index (Phi) is 4.49. The van der Waals surface area contributed by atoms with Crippen molar-refractivity contribution in [2.24, 2.45) is 0 Å². The van der Waals surface area contributed by atoms with Gasteiger partial charge in [-0.25, -0.2) is 14.6 Å². The summed E-state index contributed by atoms with van der Waals surface area (Å²) >= 11 is 1.33. The standard InChI is InChI=1S/C18H16N6OS/c1-2-24-17-16(22-23-24)18(20-11-19-17)26-10-15(25)21-14-9-5-7-12-6-3-4-8-13(12)14/h3-9,11H,2,10H2,1H3,(H,21,25). The van der Waals surface area contributed by atoms with E-state index in [-0.39, 0.29) is 11.7 Å². The molecule has 0 radical (unpaired) electrons. The molecular formula is C18H16N6OS. The van der Waals surface area contributed by atoms with Gasteiger partial charge in [0.05, 0.1) is 5.75 Å². The van der Waals surface area contributed by atoms with Crippen molar-refractivity contribution in [2.45, 2.75) is 18.5 Å². The quantitative estimate of drug-likeness (QED) is 0.432. The van der Waals surface area contributed by atoms with Crippen LogP contribution >= 0.6 is 11.8 Å². The number of rotatable bonds is 5. The zero-order valence-electron chi connectivity index (χ0n) is 14.1. The summed E-state index contributed by atoms with van der Waals surface area (Å²) in [6, 6.07) is 13.8. The van der Waals surface area contributed by atoms with Crippen LogP contribution in [-0.2, 0) is 11.3 Å². The van der Waals surface area contributed by atoms with Crippen molar-refractivity contribution >= 4 is 45.3 Å². The van der Waals surface area contributed by atoms with Crippen LogP contribution < -0.4 is 5.32 Å². The maximum atomic E-state index is 12.4. The van der Waals surface area contributed by atoms with Gasteiger partial charge in [0.1, 0.15) is 11.4 Å². The van der Waals surface area contributed by atoms with Crippen molar-refractivity contribution in [3.8, 4) is 0 Å². The molecule has 0 saturated carbocycles. The van der Waals surface area contributed by atoms with Gasteiger partial charge in [0.25, 0.3) is 0 Å². The van der Waals surface area contributed by atoms with E-state index in [1.54, 1.807) is 4.68 Å². The van der Waals surface area contributed by atoms with E-state index in [2.05, 4.69) is 25.6 Å². The van der Waals surface area contributed by atoms with Crippen LogP contribution in [0.4, 0.5) is 5.69 Å². The van der Waals surface area contributed by atoms with Gasteiger partial charge in [0, 0.05) is 17.6 Å². The topological polar surface area (TPSA) is 85.6 Å². The Morgan fingerprint density at radius 2 is 2.00 bits per heavy atom. The SMILES string of the molecule is CCn1nnc2c(SCC(=O)Nc3cccc4ccccc34)ncnc21. The summed E-state index contributed by atoms with van der Waals surface area (Å²) in [5.74, 6) is 0.134. The molecule has 26 heavy (non-hydrogen) atoms. The van der Waals surface area contributed by atoms with Gasteiger partial charge in [0.15, 0.2) is 11.2 Å². The van der Waals surface area contributed by atoms with Crippen LogP contribution in [0, 0.1) is 0 Å². The third-order valence-electron chi connectivity index (χ3n) is 3.97. The Bertz CT molecular complexity index is 1090. The summed E-state index contributed by atoms with van der Waals surface area (Å²) in [6.45, 7) is 2.65. The van der Waals surface area contributed by atoms with Gasteiger partial charge in [-0.3, -0.25) is 4.79 Å². The van der Waals surface area contributed by atoms with Crippen LogP contribution in [0.15, 0.2) is 53.8 Å². The number of carbonyl (C=O) groups excluding carboxylic acids is 1. The normalized spacial score (nSPS) is 11.1. The summed E-state index contributed by atoms with van der Waals surface area (Å²) in [7, 11) is 0. The Morgan fingerprint density at radius 3 is 2.88 bits per heavy atom. The van der Waals surface area contributed by atoms with Crippen LogP contribution in [0.5, 0.6) is 0 Å². The molecule has 1 amide bonds. The van der Waals surface area contributed by atoms with Gasteiger partial charge in [-0.05, 0) is 18.4 Å². The molecule has 0 unspecified atom stereocenters. The van der Waals surface area contributed by atoms with Gasteiger partial charge < -0.3 is 5.32 Å². The summed E-state index contributed by atoms with van der Waals surface area (Å²) in [4.78, 5) is 20.9. The van der Waals surface area contributed by atoms with E-state index in [9.17, 15) is 4.79 Å². The molecule has 8 heteroatoms. The van der Waals surface area contributed by atoms with E-state index in [4.69, 9.17) is 0 Å². The molecule has 2 aromatic heterocycles. The minimum Gasteiger partial charge on any atom is -0.325 e. The van der Waals surface area contributed by atoms with Gasteiger partial charge in [-0.15, -0.1) is 5.10 Å². The maximum absolute atomic E-state index is 12.4. The van der Waals surface area contributed by atoms with Crippen molar-refractivity contribution in [3.63, 3.8) is 0 Å². The minimum absolute atomic E-state index is 0.0963. The molecule has 0 aliphatic rings. The predicted octanol–water partition coefficient (Wildman–Crippen LogP) is 3.13. The summed E-state index contributed by atoms with van der Waals surface area (Å²) in [6.07, 6.45) is 1.47. The van der Waals surface area contributed by atoms with Crippen molar-refractivity contribution in [2.75, 3.05) is 11.1 Å². The molecular weight excluding hydrogens is 348 g/mol. The van der Waals surface area contributed by atoms with E-state index >= 15 is 0 Å².